The van der Waals surface area contributed by atoms with Crippen molar-refractivity contribution in [2.45, 2.75) is 31.7 Å². The Morgan fingerprint density at radius 1 is 0.846 bits per heavy atom. The second-order valence-electron chi connectivity index (χ2n) is 11.0. The van der Waals surface area contributed by atoms with E-state index in [2.05, 4.69) is 34.5 Å². The van der Waals surface area contributed by atoms with Crippen molar-refractivity contribution in [3.8, 4) is 16.9 Å². The van der Waals surface area contributed by atoms with E-state index in [0.717, 1.165) is 72.7 Å². The summed E-state index contributed by atoms with van der Waals surface area (Å²) in [4.78, 5) is 30.3. The number of methoxy groups -OCH3 is 1. The molecule has 3 aromatic rings. The first-order valence-corrected chi connectivity index (χ1v) is 13.7. The Balaban J connectivity index is 1.25. The molecule has 2 aliphatic rings. The van der Waals surface area contributed by atoms with E-state index in [1.54, 1.807) is 7.11 Å². The fraction of sp³-hybridized carbons (Fsp3) is 0.375. The zero-order chi connectivity index (χ0) is 27.5. The average molecular weight is 527 g/mol. The maximum absolute atomic E-state index is 13.1. The van der Waals surface area contributed by atoms with E-state index in [1.807, 2.05) is 67.6 Å². The lowest BCUT2D eigenvalue weighted by atomic mass is 9.96. The number of likely N-dealkylation sites (tertiary alicyclic amines) is 2. The predicted octanol–water partition coefficient (Wildman–Crippen LogP) is 4.78. The fourth-order valence-corrected chi connectivity index (χ4v) is 5.77. The zero-order valence-corrected chi connectivity index (χ0v) is 23.3. The van der Waals surface area contributed by atoms with Gasteiger partial charge in [-0.1, -0.05) is 18.2 Å². The van der Waals surface area contributed by atoms with Gasteiger partial charge in [-0.2, -0.15) is 0 Å². The zero-order valence-electron chi connectivity index (χ0n) is 23.3. The molecule has 2 atom stereocenters. The summed E-state index contributed by atoms with van der Waals surface area (Å²) >= 11 is 0. The molecule has 0 saturated carbocycles. The molecule has 0 spiro atoms. The molecule has 0 bridgehead atoms. The van der Waals surface area contributed by atoms with Gasteiger partial charge in [-0.05, 0) is 106 Å². The van der Waals surface area contributed by atoms with Crippen molar-refractivity contribution in [2.75, 3.05) is 52.7 Å². The van der Waals surface area contributed by atoms with Crippen molar-refractivity contribution in [2.24, 2.45) is 0 Å². The molecule has 3 aromatic carbocycles. The molecule has 7 nitrogen and oxygen atoms in total. The van der Waals surface area contributed by atoms with Gasteiger partial charge in [0.2, 0.25) is 0 Å². The van der Waals surface area contributed by atoms with Crippen LogP contribution in [-0.2, 0) is 0 Å². The number of ether oxygens (including phenoxy) is 1. The number of anilines is 1. The third-order valence-corrected chi connectivity index (χ3v) is 7.99. The number of nitrogens with one attached hydrogen (secondary N) is 2. The van der Waals surface area contributed by atoms with Crippen LogP contribution < -0.4 is 15.4 Å². The van der Waals surface area contributed by atoms with Gasteiger partial charge in [-0.3, -0.25) is 9.59 Å². The molecule has 2 fully saturated rings. The Labute approximate surface area is 231 Å². The second kappa shape index (κ2) is 11.6. The lowest BCUT2D eigenvalue weighted by Gasteiger charge is -2.17. The van der Waals surface area contributed by atoms with Crippen molar-refractivity contribution in [1.82, 2.24) is 15.1 Å². The van der Waals surface area contributed by atoms with Gasteiger partial charge in [-0.25, -0.2) is 0 Å². The van der Waals surface area contributed by atoms with Gasteiger partial charge in [0.15, 0.2) is 0 Å². The topological polar surface area (TPSA) is 73.9 Å². The predicted molar refractivity (Wildman–Crippen MR) is 156 cm³/mol. The molecule has 2 heterocycles. The number of aryl methyl sites for hydroxylation is 1. The molecule has 2 N–H and O–H groups in total. The molecule has 2 amide bonds. The maximum Gasteiger partial charge on any atom is 0.255 e. The summed E-state index contributed by atoms with van der Waals surface area (Å²) in [5.74, 6) is 1.08. The van der Waals surface area contributed by atoms with E-state index >= 15 is 0 Å². The van der Waals surface area contributed by atoms with Crippen molar-refractivity contribution < 1.29 is 14.3 Å². The molecular weight excluding hydrogens is 488 g/mol. The van der Waals surface area contributed by atoms with Crippen LogP contribution in [0.3, 0.4) is 0 Å². The minimum Gasteiger partial charge on any atom is -0.496 e. The van der Waals surface area contributed by atoms with Crippen LogP contribution in [0.15, 0.2) is 60.7 Å². The Kier molecular flexibility index (Phi) is 8.00. The summed E-state index contributed by atoms with van der Waals surface area (Å²) in [6, 6.07) is 19.5. The molecular formula is C32H38N4O3. The first-order valence-electron chi connectivity index (χ1n) is 13.7. The number of carbonyl (C=O) groups is 2. The van der Waals surface area contributed by atoms with Gasteiger partial charge in [0.1, 0.15) is 5.75 Å². The first kappa shape index (κ1) is 26.9. The van der Waals surface area contributed by atoms with Gasteiger partial charge in [0, 0.05) is 47.4 Å². The molecule has 204 valence electrons. The standard InChI is InChI=1S/C32H38N4O3/c1-21-17-24(32(38)34-27-14-16-36(3)20-27)9-11-28(21)22-5-7-23(8-6-22)31(37)33-26-10-12-30(39-4)29(18-26)25-13-15-35(2)19-25/h5-12,17-18,25,27H,13-16,19-20H2,1-4H3,(H,33,37)(H,34,38). The quantitative estimate of drug-likeness (QED) is 0.464. The molecule has 0 radical (unpaired) electrons. The molecule has 7 heteroatoms. The number of hydrogen-bond donors (Lipinski definition) is 2. The lowest BCUT2D eigenvalue weighted by Crippen LogP contribution is -2.36. The number of benzene rings is 3. The van der Waals surface area contributed by atoms with Crippen molar-refractivity contribution in [3.05, 3.63) is 82.9 Å². The van der Waals surface area contributed by atoms with E-state index < -0.39 is 0 Å². The van der Waals surface area contributed by atoms with Crippen LogP contribution in [0.2, 0.25) is 0 Å². The third-order valence-electron chi connectivity index (χ3n) is 7.99. The molecule has 0 aromatic heterocycles. The first-order chi connectivity index (χ1) is 18.8. The Bertz CT molecular complexity index is 1350. The highest BCUT2D eigenvalue weighted by Gasteiger charge is 2.25. The molecule has 2 saturated heterocycles. The van der Waals surface area contributed by atoms with Gasteiger partial charge >= 0.3 is 0 Å². The number of amides is 2. The highest BCUT2D eigenvalue weighted by Crippen LogP contribution is 2.35. The van der Waals surface area contributed by atoms with Crippen molar-refractivity contribution in [3.63, 3.8) is 0 Å². The maximum atomic E-state index is 13.1. The number of likely N-dealkylation sites (N-methyl/N-ethyl adjacent to an activating group) is 2. The number of rotatable bonds is 7. The van der Waals surface area contributed by atoms with E-state index in [1.165, 1.54) is 0 Å². The van der Waals surface area contributed by atoms with Gasteiger partial charge < -0.3 is 25.2 Å². The molecule has 39 heavy (non-hydrogen) atoms. The number of nitrogens with zero attached hydrogens (tertiary/aromatic N) is 2. The highest BCUT2D eigenvalue weighted by molar-refractivity contribution is 6.04. The largest absolute Gasteiger partial charge is 0.496 e. The number of carbonyl (C=O) groups excluding carboxylic acids is 2. The summed E-state index contributed by atoms with van der Waals surface area (Å²) in [6.45, 7) is 5.96. The van der Waals surface area contributed by atoms with Crippen LogP contribution in [0, 0.1) is 6.92 Å². The van der Waals surface area contributed by atoms with Gasteiger partial charge in [0.25, 0.3) is 11.8 Å². The normalized spacial score (nSPS) is 19.7. The highest BCUT2D eigenvalue weighted by atomic mass is 16.5. The third kappa shape index (κ3) is 6.15. The van der Waals surface area contributed by atoms with Crippen LogP contribution in [0.1, 0.15) is 50.6 Å². The lowest BCUT2D eigenvalue weighted by molar-refractivity contribution is 0.0937. The minimum atomic E-state index is -0.150. The second-order valence-corrected chi connectivity index (χ2v) is 11.0. The van der Waals surface area contributed by atoms with E-state index in [4.69, 9.17) is 4.74 Å². The summed E-state index contributed by atoms with van der Waals surface area (Å²) in [5, 5.41) is 6.20. The molecule has 0 aliphatic carbocycles. The Morgan fingerprint density at radius 2 is 1.56 bits per heavy atom. The summed E-state index contributed by atoms with van der Waals surface area (Å²) in [6.07, 6.45) is 2.06. The summed E-state index contributed by atoms with van der Waals surface area (Å²) in [7, 11) is 5.90. The smallest absolute Gasteiger partial charge is 0.255 e. The summed E-state index contributed by atoms with van der Waals surface area (Å²) in [5.41, 5.74) is 6.23. The van der Waals surface area contributed by atoms with Crippen molar-refractivity contribution in [1.29, 1.82) is 0 Å². The number of hydrogen-bond acceptors (Lipinski definition) is 5. The Morgan fingerprint density at radius 3 is 2.21 bits per heavy atom. The van der Waals surface area contributed by atoms with E-state index in [9.17, 15) is 9.59 Å². The van der Waals surface area contributed by atoms with Crippen molar-refractivity contribution >= 4 is 17.5 Å². The van der Waals surface area contributed by atoms with E-state index in [0.29, 0.717) is 17.0 Å². The minimum absolute atomic E-state index is 0.0291. The van der Waals surface area contributed by atoms with Crippen LogP contribution >= 0.6 is 0 Å². The van der Waals surface area contributed by atoms with Crippen LogP contribution in [0.5, 0.6) is 5.75 Å². The van der Waals surface area contributed by atoms with Crippen LogP contribution in [0.4, 0.5) is 5.69 Å². The molecule has 2 unspecified atom stereocenters. The van der Waals surface area contributed by atoms with Gasteiger partial charge in [-0.15, -0.1) is 0 Å². The van der Waals surface area contributed by atoms with Gasteiger partial charge in [0.05, 0.1) is 7.11 Å². The van der Waals surface area contributed by atoms with Crippen LogP contribution in [-0.4, -0.2) is 75.0 Å². The Hall–Kier alpha value is -3.68. The molecule has 2 aliphatic heterocycles. The fourth-order valence-electron chi connectivity index (χ4n) is 5.77. The SMILES string of the molecule is COc1ccc(NC(=O)c2ccc(-c3ccc(C(=O)NC4CCN(C)C4)cc3C)cc2)cc1C1CCN(C)C1. The van der Waals surface area contributed by atoms with E-state index in [-0.39, 0.29) is 17.9 Å². The monoisotopic (exact) mass is 526 g/mol. The van der Waals surface area contributed by atoms with Crippen LogP contribution in [0.25, 0.3) is 11.1 Å². The molecule has 5 rings (SSSR count). The summed E-state index contributed by atoms with van der Waals surface area (Å²) < 4.78 is 5.60. The average Bonchev–Trinajstić information content (AvgIpc) is 3.56.